The Bertz CT molecular complexity index is 1050. The van der Waals surface area contributed by atoms with E-state index in [0.29, 0.717) is 19.6 Å². The van der Waals surface area contributed by atoms with E-state index < -0.39 is 0 Å². The minimum Gasteiger partial charge on any atom is -0.308 e. The number of aryl methyl sites for hydroxylation is 2. The summed E-state index contributed by atoms with van der Waals surface area (Å²) in [6.45, 7) is 9.98. The van der Waals surface area contributed by atoms with Crippen LogP contribution < -0.4 is 10.9 Å². The van der Waals surface area contributed by atoms with Gasteiger partial charge in [-0.15, -0.1) is 0 Å². The average Bonchev–Trinajstić information content (AvgIpc) is 2.97. The number of rotatable bonds is 8. The molecule has 0 saturated carbocycles. The third-order valence-electron chi connectivity index (χ3n) is 5.38. The van der Waals surface area contributed by atoms with Crippen molar-refractivity contribution < 1.29 is 0 Å². The Labute approximate surface area is 176 Å². The topological polar surface area (TPSA) is 75.6 Å². The minimum atomic E-state index is -0.116. The summed E-state index contributed by atoms with van der Waals surface area (Å²) in [4.78, 5) is 12.3. The van der Waals surface area contributed by atoms with Crippen molar-refractivity contribution in [3.63, 3.8) is 0 Å². The largest absolute Gasteiger partial charge is 0.308 e. The van der Waals surface area contributed by atoms with Gasteiger partial charge in [-0.3, -0.25) is 9.48 Å². The molecule has 6 nitrogen and oxygen atoms in total. The van der Waals surface area contributed by atoms with Gasteiger partial charge >= 0.3 is 0 Å². The number of nitrogens with zero attached hydrogens (tertiary/aromatic N) is 3. The van der Waals surface area contributed by atoms with E-state index in [4.69, 9.17) is 16.7 Å². The highest BCUT2D eigenvalue weighted by Crippen LogP contribution is 2.19. The van der Waals surface area contributed by atoms with E-state index in [-0.39, 0.29) is 5.56 Å². The fourth-order valence-electron chi connectivity index (χ4n) is 3.71. The molecule has 2 heterocycles. The van der Waals surface area contributed by atoms with Crippen LogP contribution in [0.15, 0.2) is 29.1 Å². The molecule has 0 fully saturated rings. The quantitative estimate of drug-likeness (QED) is 0.590. The van der Waals surface area contributed by atoms with Crippen molar-refractivity contribution in [3.05, 3.63) is 79.0 Å². The maximum absolute atomic E-state index is 12.3. The van der Waals surface area contributed by atoms with Gasteiger partial charge in [0.15, 0.2) is 0 Å². The number of hydrogen-bond acceptors (Lipinski definition) is 4. The van der Waals surface area contributed by atoms with E-state index in [1.54, 1.807) is 0 Å². The lowest BCUT2D eigenvalue weighted by Crippen LogP contribution is -2.25. The molecule has 0 amide bonds. The van der Waals surface area contributed by atoms with Gasteiger partial charge in [0.1, 0.15) is 0 Å². The lowest BCUT2D eigenvalue weighted by Gasteiger charge is -2.12. The first kappa shape index (κ1) is 21.3. The Morgan fingerprint density at radius 2 is 1.79 bits per heavy atom. The Balaban J connectivity index is 1.75. The molecule has 0 aliphatic carbocycles. The molecule has 29 heavy (non-hydrogen) atoms. The molecule has 0 atom stereocenters. The van der Waals surface area contributed by atoms with Crippen LogP contribution in [0.4, 0.5) is 0 Å². The Hall–Kier alpha value is -2.44. The van der Waals surface area contributed by atoms with Crippen molar-refractivity contribution in [3.8, 4) is 0 Å². The van der Waals surface area contributed by atoms with Gasteiger partial charge in [-0.05, 0) is 43.9 Å². The molecule has 0 aliphatic heterocycles. The second-order valence-electron chi connectivity index (χ2n) is 7.17. The number of aromatic amines is 1. The Kier molecular flexibility index (Phi) is 6.87. The van der Waals surface area contributed by atoms with Crippen LogP contribution in [0.25, 0.3) is 0 Å². The predicted molar refractivity (Wildman–Crippen MR) is 116 cm³/mol. The summed E-state index contributed by atoms with van der Waals surface area (Å²) >= 11 is 6.30. The first-order valence-electron chi connectivity index (χ1n) is 10.0. The third kappa shape index (κ3) is 4.60. The van der Waals surface area contributed by atoms with Crippen LogP contribution in [0.5, 0.6) is 0 Å². The second kappa shape index (κ2) is 9.37. The van der Waals surface area contributed by atoms with Gasteiger partial charge in [0.25, 0.3) is 5.56 Å². The molecule has 7 heteroatoms. The van der Waals surface area contributed by atoms with Gasteiger partial charge < -0.3 is 5.32 Å². The second-order valence-corrected chi connectivity index (χ2v) is 7.57. The van der Waals surface area contributed by atoms with Gasteiger partial charge in [0, 0.05) is 34.9 Å². The van der Waals surface area contributed by atoms with Crippen LogP contribution in [0.2, 0.25) is 5.02 Å². The Morgan fingerprint density at radius 1 is 1.07 bits per heavy atom. The summed E-state index contributed by atoms with van der Waals surface area (Å²) in [5.74, 6) is 0. The van der Waals surface area contributed by atoms with Crippen molar-refractivity contribution in [2.75, 3.05) is 0 Å². The first-order valence-corrected chi connectivity index (χ1v) is 10.4. The molecule has 2 aromatic heterocycles. The van der Waals surface area contributed by atoms with E-state index in [1.165, 1.54) is 0 Å². The number of hydrogen-bond donors (Lipinski definition) is 2. The number of halogens is 1. The van der Waals surface area contributed by atoms with E-state index in [1.807, 2.05) is 35.9 Å². The van der Waals surface area contributed by atoms with Gasteiger partial charge in [-0.25, -0.2) is 5.10 Å². The number of benzene rings is 1. The molecule has 0 radical (unpaired) electrons. The lowest BCUT2D eigenvalue weighted by atomic mass is 10.0. The zero-order chi connectivity index (χ0) is 21.0. The zero-order valence-corrected chi connectivity index (χ0v) is 18.2. The summed E-state index contributed by atoms with van der Waals surface area (Å²) in [5.41, 5.74) is 6.95. The first-order chi connectivity index (χ1) is 14.0. The van der Waals surface area contributed by atoms with E-state index >= 15 is 0 Å². The molecule has 3 rings (SSSR count). The summed E-state index contributed by atoms with van der Waals surface area (Å²) in [5, 5.41) is 15.7. The van der Waals surface area contributed by atoms with Gasteiger partial charge in [0.05, 0.1) is 17.9 Å². The maximum atomic E-state index is 12.3. The van der Waals surface area contributed by atoms with Crippen LogP contribution in [-0.4, -0.2) is 20.0 Å². The summed E-state index contributed by atoms with van der Waals surface area (Å²) in [7, 11) is 0. The lowest BCUT2D eigenvalue weighted by molar-refractivity contribution is 0.649. The standard InChI is InChI=1S/C22H28ClN5O/c1-5-17-19(22(29)26-25-21(17)6-2)12-24-11-18-14(3)27-28(15(18)4)13-16-9-7-8-10-20(16)23/h7-10,24H,5-6,11-13H2,1-4H3,(H,26,29). The molecule has 0 bridgehead atoms. The van der Waals surface area contributed by atoms with Crippen molar-refractivity contribution >= 4 is 11.6 Å². The van der Waals surface area contributed by atoms with Crippen LogP contribution in [-0.2, 0) is 32.5 Å². The monoisotopic (exact) mass is 413 g/mol. The van der Waals surface area contributed by atoms with Crippen molar-refractivity contribution in [2.24, 2.45) is 0 Å². The number of nitrogens with one attached hydrogen (secondary N) is 2. The average molecular weight is 414 g/mol. The van der Waals surface area contributed by atoms with E-state index in [0.717, 1.165) is 57.2 Å². The summed E-state index contributed by atoms with van der Waals surface area (Å²) in [6, 6.07) is 7.83. The molecular weight excluding hydrogens is 386 g/mol. The number of H-pyrrole nitrogens is 1. The number of aromatic nitrogens is 4. The highest BCUT2D eigenvalue weighted by atomic mass is 35.5. The summed E-state index contributed by atoms with van der Waals surface area (Å²) < 4.78 is 1.99. The molecule has 0 unspecified atom stereocenters. The third-order valence-corrected chi connectivity index (χ3v) is 5.75. The van der Waals surface area contributed by atoms with Crippen LogP contribution >= 0.6 is 11.6 Å². The van der Waals surface area contributed by atoms with Gasteiger partial charge in [-0.1, -0.05) is 43.6 Å². The van der Waals surface area contributed by atoms with Crippen LogP contribution in [0.1, 0.15) is 53.2 Å². The van der Waals surface area contributed by atoms with Crippen LogP contribution in [0.3, 0.4) is 0 Å². The van der Waals surface area contributed by atoms with Crippen molar-refractivity contribution in [2.45, 2.75) is 60.2 Å². The van der Waals surface area contributed by atoms with Gasteiger partial charge in [0.2, 0.25) is 0 Å². The molecule has 0 saturated heterocycles. The smallest absolute Gasteiger partial charge is 0.268 e. The fraction of sp³-hybridized carbons (Fsp3) is 0.409. The molecule has 154 valence electrons. The SMILES string of the molecule is CCc1n[nH]c(=O)c(CNCc2c(C)nn(Cc3ccccc3Cl)c2C)c1CC. The highest BCUT2D eigenvalue weighted by Gasteiger charge is 2.15. The van der Waals surface area contributed by atoms with E-state index in [9.17, 15) is 4.79 Å². The summed E-state index contributed by atoms with van der Waals surface area (Å²) in [6.07, 6.45) is 1.60. The van der Waals surface area contributed by atoms with Crippen LogP contribution in [0, 0.1) is 13.8 Å². The normalized spacial score (nSPS) is 11.2. The molecule has 3 aromatic rings. The predicted octanol–water partition coefficient (Wildman–Crippen LogP) is 3.70. The molecular formula is C22H28ClN5O. The minimum absolute atomic E-state index is 0.116. The molecule has 2 N–H and O–H groups in total. The zero-order valence-electron chi connectivity index (χ0n) is 17.5. The maximum Gasteiger partial charge on any atom is 0.268 e. The fourth-order valence-corrected chi connectivity index (χ4v) is 3.90. The van der Waals surface area contributed by atoms with Gasteiger partial charge in [-0.2, -0.15) is 10.2 Å². The highest BCUT2D eigenvalue weighted by molar-refractivity contribution is 6.31. The Morgan fingerprint density at radius 3 is 2.48 bits per heavy atom. The molecule has 0 aliphatic rings. The van der Waals surface area contributed by atoms with E-state index in [2.05, 4.69) is 36.3 Å². The molecule has 1 aromatic carbocycles. The van der Waals surface area contributed by atoms with Crippen molar-refractivity contribution in [1.82, 2.24) is 25.3 Å². The van der Waals surface area contributed by atoms with Crippen molar-refractivity contribution in [1.29, 1.82) is 0 Å². The molecule has 0 spiro atoms.